The quantitative estimate of drug-likeness (QED) is 0.564. The summed E-state index contributed by atoms with van der Waals surface area (Å²) in [4.78, 5) is 7.27. The van der Waals surface area contributed by atoms with E-state index in [1.807, 2.05) is 11.3 Å². The Morgan fingerprint density at radius 2 is 2.04 bits per heavy atom. The fourth-order valence-electron chi connectivity index (χ4n) is 3.36. The van der Waals surface area contributed by atoms with Crippen molar-refractivity contribution in [2.75, 3.05) is 31.6 Å². The maximum atomic E-state index is 5.22. The van der Waals surface area contributed by atoms with Crippen molar-refractivity contribution < 1.29 is 4.74 Å². The molecule has 2 N–H and O–H groups in total. The Morgan fingerprint density at radius 1 is 1.22 bits per heavy atom. The van der Waals surface area contributed by atoms with E-state index < -0.39 is 0 Å². The maximum Gasteiger partial charge on any atom is 0.191 e. The topological polar surface area (TPSA) is 48.9 Å². The van der Waals surface area contributed by atoms with Crippen LogP contribution in [0, 0.1) is 0 Å². The molecule has 0 spiro atoms. The number of aliphatic imine (C=N–C) groups is 1. The van der Waals surface area contributed by atoms with Gasteiger partial charge in [0.25, 0.3) is 0 Å². The van der Waals surface area contributed by atoms with Crippen LogP contribution in [0.15, 0.2) is 46.8 Å². The molecule has 3 rings (SSSR count). The first-order valence-corrected chi connectivity index (χ1v) is 10.6. The second kappa shape index (κ2) is 10.3. The summed E-state index contributed by atoms with van der Waals surface area (Å²) >= 11 is 1.82. The summed E-state index contributed by atoms with van der Waals surface area (Å²) in [5.41, 5.74) is 2.39. The normalized spacial score (nSPS) is 15.8. The number of thiophene rings is 1. The Hall–Kier alpha value is -2.05. The largest absolute Gasteiger partial charge is 0.380 e. The Bertz CT molecular complexity index is 709. The van der Waals surface area contributed by atoms with Crippen LogP contribution in [0.2, 0.25) is 0 Å². The summed E-state index contributed by atoms with van der Waals surface area (Å²) in [6.07, 6.45) is 2.26. The Morgan fingerprint density at radius 3 is 2.74 bits per heavy atom. The van der Waals surface area contributed by atoms with Crippen LogP contribution in [0.5, 0.6) is 0 Å². The lowest BCUT2D eigenvalue weighted by atomic mass is 10.1. The highest BCUT2D eigenvalue weighted by Crippen LogP contribution is 2.24. The predicted molar refractivity (Wildman–Crippen MR) is 115 cm³/mol. The number of anilines is 1. The highest BCUT2D eigenvalue weighted by Gasteiger charge is 2.20. The Labute approximate surface area is 166 Å². The van der Waals surface area contributed by atoms with Gasteiger partial charge in [-0.2, -0.15) is 0 Å². The third-order valence-corrected chi connectivity index (χ3v) is 5.65. The smallest absolute Gasteiger partial charge is 0.191 e. The number of guanidine groups is 1. The number of ether oxygens (including phenoxy) is 1. The lowest BCUT2D eigenvalue weighted by Crippen LogP contribution is -2.48. The number of hydrogen-bond donors (Lipinski definition) is 2. The van der Waals surface area contributed by atoms with E-state index in [9.17, 15) is 0 Å². The zero-order valence-corrected chi connectivity index (χ0v) is 17.1. The van der Waals surface area contributed by atoms with Crippen molar-refractivity contribution in [2.24, 2.45) is 4.99 Å². The van der Waals surface area contributed by atoms with Crippen LogP contribution < -0.4 is 15.5 Å². The average molecular weight is 387 g/mol. The summed E-state index contributed by atoms with van der Waals surface area (Å²) in [6.45, 7) is 6.46. The molecule has 0 bridgehead atoms. The first-order valence-electron chi connectivity index (χ1n) is 9.68. The molecule has 0 aliphatic carbocycles. The zero-order chi connectivity index (χ0) is 18.9. The summed E-state index contributed by atoms with van der Waals surface area (Å²) < 4.78 is 5.22. The van der Waals surface area contributed by atoms with E-state index in [-0.39, 0.29) is 0 Å². The molecule has 2 aromatic rings. The van der Waals surface area contributed by atoms with Gasteiger partial charge in [0.15, 0.2) is 5.96 Å². The van der Waals surface area contributed by atoms with Crippen molar-refractivity contribution >= 4 is 22.3 Å². The van der Waals surface area contributed by atoms with Gasteiger partial charge in [0.05, 0.1) is 18.2 Å². The summed E-state index contributed by atoms with van der Waals surface area (Å²) in [5.74, 6) is 0.907. The van der Waals surface area contributed by atoms with Gasteiger partial charge < -0.3 is 20.3 Å². The minimum Gasteiger partial charge on any atom is -0.380 e. The lowest BCUT2D eigenvalue weighted by molar-refractivity contribution is 0.185. The number of hydrogen-bond acceptors (Lipinski definition) is 4. The Balaban J connectivity index is 1.54. The van der Waals surface area contributed by atoms with E-state index >= 15 is 0 Å². The van der Waals surface area contributed by atoms with Crippen molar-refractivity contribution in [3.63, 3.8) is 0 Å². The van der Waals surface area contributed by atoms with E-state index in [1.54, 1.807) is 7.11 Å². The fraction of sp³-hybridized carbons (Fsp3) is 0.476. The third kappa shape index (κ3) is 5.97. The molecule has 6 heteroatoms. The SMILES string of the molecule is CCNC(=NCc1cccc(COC)c1)NC1CCN(c2cccs2)CC1. The van der Waals surface area contributed by atoms with Crippen LogP contribution in [0.25, 0.3) is 0 Å². The van der Waals surface area contributed by atoms with Crippen molar-refractivity contribution in [1.29, 1.82) is 0 Å². The van der Waals surface area contributed by atoms with Gasteiger partial charge in [0.2, 0.25) is 0 Å². The molecule has 0 atom stereocenters. The molecule has 1 aliphatic heterocycles. The number of methoxy groups -OCH3 is 1. The molecule has 1 aromatic carbocycles. The third-order valence-electron chi connectivity index (χ3n) is 4.72. The minimum atomic E-state index is 0.471. The number of benzene rings is 1. The van der Waals surface area contributed by atoms with Crippen molar-refractivity contribution in [3.8, 4) is 0 Å². The molecule has 1 fully saturated rings. The second-order valence-corrected chi connectivity index (χ2v) is 7.73. The standard InChI is InChI=1S/C21H30N4OS/c1-3-22-21(23-15-17-6-4-7-18(14-17)16-26-2)24-19-9-11-25(12-10-19)20-8-5-13-27-20/h4-8,13-14,19H,3,9-12,15-16H2,1-2H3,(H2,22,23,24). The van der Waals surface area contributed by atoms with Gasteiger partial charge >= 0.3 is 0 Å². The second-order valence-electron chi connectivity index (χ2n) is 6.81. The lowest BCUT2D eigenvalue weighted by Gasteiger charge is -2.33. The molecular formula is C21H30N4OS. The monoisotopic (exact) mass is 386 g/mol. The van der Waals surface area contributed by atoms with Crippen molar-refractivity contribution in [2.45, 2.75) is 39.0 Å². The van der Waals surface area contributed by atoms with Gasteiger partial charge in [-0.3, -0.25) is 0 Å². The van der Waals surface area contributed by atoms with Crippen LogP contribution in [0.4, 0.5) is 5.00 Å². The van der Waals surface area contributed by atoms with Crippen LogP contribution >= 0.6 is 11.3 Å². The summed E-state index contributed by atoms with van der Waals surface area (Å²) in [6, 6.07) is 13.2. The first kappa shape index (κ1) is 19.7. The van der Waals surface area contributed by atoms with Gasteiger partial charge in [-0.25, -0.2) is 4.99 Å². The zero-order valence-electron chi connectivity index (χ0n) is 16.3. The van der Waals surface area contributed by atoms with Crippen LogP contribution in [0.3, 0.4) is 0 Å². The van der Waals surface area contributed by atoms with Crippen LogP contribution in [-0.2, 0) is 17.9 Å². The van der Waals surface area contributed by atoms with Gasteiger partial charge in [0, 0.05) is 32.8 Å². The predicted octanol–water partition coefficient (Wildman–Crippen LogP) is 3.62. The molecule has 0 radical (unpaired) electrons. The molecule has 146 valence electrons. The van der Waals surface area contributed by atoms with E-state index in [4.69, 9.17) is 9.73 Å². The van der Waals surface area contributed by atoms with E-state index in [0.717, 1.165) is 38.4 Å². The molecule has 1 saturated heterocycles. The maximum absolute atomic E-state index is 5.22. The molecule has 1 aromatic heterocycles. The minimum absolute atomic E-state index is 0.471. The van der Waals surface area contributed by atoms with Crippen molar-refractivity contribution in [3.05, 3.63) is 52.9 Å². The van der Waals surface area contributed by atoms with E-state index in [2.05, 4.69) is 64.2 Å². The first-order chi connectivity index (χ1) is 13.3. The molecule has 0 saturated carbocycles. The number of nitrogens with zero attached hydrogens (tertiary/aromatic N) is 2. The van der Waals surface area contributed by atoms with Gasteiger partial charge in [-0.1, -0.05) is 24.3 Å². The number of nitrogens with one attached hydrogen (secondary N) is 2. The highest BCUT2D eigenvalue weighted by atomic mass is 32.1. The summed E-state index contributed by atoms with van der Waals surface area (Å²) in [7, 11) is 1.72. The molecule has 5 nitrogen and oxygen atoms in total. The molecule has 0 amide bonds. The molecule has 1 aliphatic rings. The molecule has 0 unspecified atom stereocenters. The van der Waals surface area contributed by atoms with Crippen molar-refractivity contribution in [1.82, 2.24) is 10.6 Å². The van der Waals surface area contributed by atoms with Crippen LogP contribution in [0.1, 0.15) is 30.9 Å². The average Bonchev–Trinajstić information content (AvgIpc) is 3.22. The van der Waals surface area contributed by atoms with E-state index in [0.29, 0.717) is 19.2 Å². The fourth-order valence-corrected chi connectivity index (χ4v) is 4.15. The molecule has 2 heterocycles. The van der Waals surface area contributed by atoms with Gasteiger partial charge in [-0.15, -0.1) is 11.3 Å². The van der Waals surface area contributed by atoms with E-state index in [1.165, 1.54) is 16.1 Å². The number of piperidine rings is 1. The van der Waals surface area contributed by atoms with Crippen LogP contribution in [-0.4, -0.2) is 38.7 Å². The van der Waals surface area contributed by atoms with Gasteiger partial charge in [0.1, 0.15) is 0 Å². The number of rotatable bonds is 7. The molecule has 27 heavy (non-hydrogen) atoms. The molecular weight excluding hydrogens is 356 g/mol. The van der Waals surface area contributed by atoms with Gasteiger partial charge in [-0.05, 0) is 48.4 Å². The summed E-state index contributed by atoms with van der Waals surface area (Å²) in [5, 5.41) is 10.5. The highest BCUT2D eigenvalue weighted by molar-refractivity contribution is 7.14. The Kier molecular flexibility index (Phi) is 7.54.